The molecule has 0 aromatic heterocycles. The lowest BCUT2D eigenvalue weighted by atomic mass is 10.1. The zero-order valence-electron chi connectivity index (χ0n) is 14.9. The van der Waals surface area contributed by atoms with Crippen molar-refractivity contribution < 1.29 is 13.2 Å². The van der Waals surface area contributed by atoms with Gasteiger partial charge in [0.05, 0.1) is 4.90 Å². The van der Waals surface area contributed by atoms with Crippen LogP contribution in [0.1, 0.15) is 28.8 Å². The Morgan fingerprint density at radius 1 is 1.07 bits per heavy atom. The van der Waals surface area contributed by atoms with Crippen LogP contribution in [0.4, 0.5) is 5.69 Å². The van der Waals surface area contributed by atoms with E-state index in [2.05, 4.69) is 10.6 Å². The fourth-order valence-electron chi connectivity index (χ4n) is 2.91. The lowest BCUT2D eigenvalue weighted by Gasteiger charge is -2.16. The summed E-state index contributed by atoms with van der Waals surface area (Å²) in [6.45, 7) is 3.04. The fourth-order valence-corrected chi connectivity index (χ4v) is 4.64. The summed E-state index contributed by atoms with van der Waals surface area (Å²) in [7, 11) is -3.44. The molecule has 0 atom stereocenters. The fraction of sp³-hybridized carbons (Fsp3) is 0.263. The molecule has 2 aromatic rings. The number of hydrogen-bond acceptors (Lipinski definition) is 4. The molecule has 8 heteroatoms. The van der Waals surface area contributed by atoms with Crippen LogP contribution in [0.15, 0.2) is 53.4 Å². The third kappa shape index (κ3) is 4.71. The van der Waals surface area contributed by atoms with E-state index in [0.29, 0.717) is 24.3 Å². The van der Waals surface area contributed by atoms with Crippen LogP contribution < -0.4 is 10.6 Å². The molecular formula is C19H21N3O3S2. The number of carbonyl (C=O) groups is 1. The van der Waals surface area contributed by atoms with Crippen LogP contribution in [0.5, 0.6) is 0 Å². The molecule has 142 valence electrons. The van der Waals surface area contributed by atoms with Crippen LogP contribution in [0, 0.1) is 6.92 Å². The minimum atomic E-state index is -3.44. The van der Waals surface area contributed by atoms with Gasteiger partial charge in [0.25, 0.3) is 5.91 Å². The highest BCUT2D eigenvalue weighted by atomic mass is 32.2. The van der Waals surface area contributed by atoms with Gasteiger partial charge in [0.2, 0.25) is 10.0 Å². The Labute approximate surface area is 164 Å². The van der Waals surface area contributed by atoms with E-state index in [1.807, 2.05) is 13.0 Å². The number of hydrogen-bond donors (Lipinski definition) is 2. The second-order valence-corrected chi connectivity index (χ2v) is 8.76. The van der Waals surface area contributed by atoms with Crippen molar-refractivity contribution in [3.8, 4) is 0 Å². The molecule has 1 saturated heterocycles. The molecule has 1 fully saturated rings. The van der Waals surface area contributed by atoms with Crippen molar-refractivity contribution in [1.82, 2.24) is 9.62 Å². The Morgan fingerprint density at radius 3 is 2.37 bits per heavy atom. The van der Waals surface area contributed by atoms with Crippen molar-refractivity contribution in [3.63, 3.8) is 0 Å². The van der Waals surface area contributed by atoms with Crippen LogP contribution in [-0.2, 0) is 10.0 Å². The summed E-state index contributed by atoms with van der Waals surface area (Å²) in [5.41, 5.74) is 2.10. The second-order valence-electron chi connectivity index (χ2n) is 6.41. The summed E-state index contributed by atoms with van der Waals surface area (Å²) in [5.74, 6) is -0.301. The minimum absolute atomic E-state index is 0.150. The van der Waals surface area contributed by atoms with Crippen LogP contribution in [-0.4, -0.2) is 36.8 Å². The third-order valence-corrected chi connectivity index (χ3v) is 6.44. The summed E-state index contributed by atoms with van der Waals surface area (Å²) >= 11 is 5.17. The van der Waals surface area contributed by atoms with Gasteiger partial charge in [-0.1, -0.05) is 17.7 Å². The molecule has 0 saturated carbocycles. The number of amides is 1. The van der Waals surface area contributed by atoms with Crippen molar-refractivity contribution in [2.75, 3.05) is 18.4 Å². The highest BCUT2D eigenvalue weighted by molar-refractivity contribution is 7.89. The van der Waals surface area contributed by atoms with Crippen molar-refractivity contribution in [2.24, 2.45) is 0 Å². The zero-order valence-corrected chi connectivity index (χ0v) is 16.6. The normalized spacial score (nSPS) is 14.7. The second kappa shape index (κ2) is 8.16. The SMILES string of the molecule is Cc1cccc(C(=O)NC(=S)Nc2ccc(S(=O)(=O)N3CCCC3)cc2)c1. The van der Waals surface area contributed by atoms with Gasteiger partial charge in [-0.15, -0.1) is 0 Å². The van der Waals surface area contributed by atoms with E-state index in [0.717, 1.165) is 18.4 Å². The number of nitrogens with zero attached hydrogens (tertiary/aromatic N) is 1. The molecule has 27 heavy (non-hydrogen) atoms. The largest absolute Gasteiger partial charge is 0.332 e. The van der Waals surface area contributed by atoms with Crippen LogP contribution in [0.3, 0.4) is 0 Å². The first kappa shape index (κ1) is 19.5. The van der Waals surface area contributed by atoms with Crippen LogP contribution in [0.25, 0.3) is 0 Å². The number of aryl methyl sites for hydroxylation is 1. The van der Waals surface area contributed by atoms with E-state index in [-0.39, 0.29) is 15.9 Å². The van der Waals surface area contributed by atoms with E-state index in [4.69, 9.17) is 12.2 Å². The van der Waals surface area contributed by atoms with Gasteiger partial charge in [0.15, 0.2) is 5.11 Å². The Bertz CT molecular complexity index is 950. The number of benzene rings is 2. The van der Waals surface area contributed by atoms with Crippen molar-refractivity contribution >= 4 is 38.9 Å². The van der Waals surface area contributed by atoms with E-state index in [1.165, 1.54) is 4.31 Å². The maximum Gasteiger partial charge on any atom is 0.257 e. The summed E-state index contributed by atoms with van der Waals surface area (Å²) in [4.78, 5) is 12.5. The molecular weight excluding hydrogens is 382 g/mol. The third-order valence-electron chi connectivity index (χ3n) is 4.32. The van der Waals surface area contributed by atoms with E-state index >= 15 is 0 Å². The standard InChI is InChI=1S/C19H21N3O3S2/c1-14-5-4-6-15(13-14)18(23)21-19(26)20-16-7-9-17(10-8-16)27(24,25)22-11-2-3-12-22/h4-10,13H,2-3,11-12H2,1H3,(H2,20,21,23,26). The molecule has 1 amide bonds. The molecule has 0 radical (unpaired) electrons. The lowest BCUT2D eigenvalue weighted by Crippen LogP contribution is -2.34. The van der Waals surface area contributed by atoms with E-state index in [9.17, 15) is 13.2 Å². The Balaban J connectivity index is 1.62. The van der Waals surface area contributed by atoms with Gasteiger partial charge in [0.1, 0.15) is 0 Å². The first-order valence-electron chi connectivity index (χ1n) is 8.65. The maximum atomic E-state index is 12.5. The summed E-state index contributed by atoms with van der Waals surface area (Å²) in [6, 6.07) is 13.5. The summed E-state index contributed by atoms with van der Waals surface area (Å²) in [6.07, 6.45) is 1.79. The average Bonchev–Trinajstić information content (AvgIpc) is 3.17. The molecule has 1 aliphatic heterocycles. The van der Waals surface area contributed by atoms with Gasteiger partial charge >= 0.3 is 0 Å². The van der Waals surface area contributed by atoms with Crippen molar-refractivity contribution in [3.05, 3.63) is 59.7 Å². The highest BCUT2D eigenvalue weighted by Crippen LogP contribution is 2.22. The zero-order chi connectivity index (χ0) is 19.4. The van der Waals surface area contributed by atoms with Gasteiger partial charge < -0.3 is 5.32 Å². The molecule has 0 aliphatic carbocycles. The quantitative estimate of drug-likeness (QED) is 0.768. The van der Waals surface area contributed by atoms with Crippen molar-refractivity contribution in [1.29, 1.82) is 0 Å². The molecule has 6 nitrogen and oxygen atoms in total. The summed E-state index contributed by atoms with van der Waals surface area (Å²) in [5, 5.41) is 5.66. The minimum Gasteiger partial charge on any atom is -0.332 e. The number of nitrogens with one attached hydrogen (secondary N) is 2. The maximum absolute atomic E-state index is 12.5. The molecule has 3 rings (SSSR count). The Kier molecular flexibility index (Phi) is 5.88. The predicted molar refractivity (Wildman–Crippen MR) is 109 cm³/mol. The first-order valence-corrected chi connectivity index (χ1v) is 10.5. The molecule has 1 aliphatic rings. The van der Waals surface area contributed by atoms with Gasteiger partial charge in [-0.3, -0.25) is 10.1 Å². The summed E-state index contributed by atoms with van der Waals surface area (Å²) < 4.78 is 26.5. The Morgan fingerprint density at radius 2 is 1.74 bits per heavy atom. The first-order chi connectivity index (χ1) is 12.9. The van der Waals surface area contributed by atoms with Crippen LogP contribution >= 0.6 is 12.2 Å². The molecule has 2 aromatic carbocycles. The van der Waals surface area contributed by atoms with Gasteiger partial charge in [-0.05, 0) is 68.4 Å². The topological polar surface area (TPSA) is 78.5 Å². The number of anilines is 1. The predicted octanol–water partition coefficient (Wildman–Crippen LogP) is 2.91. The van der Waals surface area contributed by atoms with Crippen molar-refractivity contribution in [2.45, 2.75) is 24.7 Å². The van der Waals surface area contributed by atoms with Gasteiger partial charge in [-0.2, -0.15) is 4.31 Å². The van der Waals surface area contributed by atoms with Gasteiger partial charge in [0, 0.05) is 24.3 Å². The molecule has 0 unspecified atom stereocenters. The van der Waals surface area contributed by atoms with Gasteiger partial charge in [-0.25, -0.2) is 8.42 Å². The molecule has 0 spiro atoms. The average molecular weight is 404 g/mol. The number of carbonyl (C=O) groups excluding carboxylic acids is 1. The van der Waals surface area contributed by atoms with E-state index < -0.39 is 10.0 Å². The molecule has 1 heterocycles. The smallest absolute Gasteiger partial charge is 0.257 e. The Hall–Kier alpha value is -2.29. The number of sulfonamides is 1. The number of rotatable bonds is 4. The molecule has 2 N–H and O–H groups in total. The lowest BCUT2D eigenvalue weighted by molar-refractivity contribution is 0.0977. The number of thiocarbonyl (C=S) groups is 1. The molecule has 0 bridgehead atoms. The van der Waals surface area contributed by atoms with E-state index in [1.54, 1.807) is 42.5 Å². The monoisotopic (exact) mass is 403 g/mol. The highest BCUT2D eigenvalue weighted by Gasteiger charge is 2.26. The van der Waals surface area contributed by atoms with Crippen LogP contribution in [0.2, 0.25) is 0 Å².